The molecule has 0 radical (unpaired) electrons. The first kappa shape index (κ1) is 19.3. The van der Waals surface area contributed by atoms with Crippen molar-refractivity contribution in [3.63, 3.8) is 0 Å². The molecule has 5 nitrogen and oxygen atoms in total. The smallest absolute Gasteiger partial charge is 0.225 e. The van der Waals surface area contributed by atoms with E-state index in [2.05, 4.69) is 24.1 Å². The molecule has 1 aliphatic carbocycles. The van der Waals surface area contributed by atoms with E-state index in [1.807, 2.05) is 23.0 Å². The second kappa shape index (κ2) is 8.15. The molecule has 6 heteroatoms. The van der Waals surface area contributed by atoms with Crippen LogP contribution >= 0.6 is 0 Å². The van der Waals surface area contributed by atoms with Crippen LogP contribution in [0, 0.1) is 11.7 Å². The Labute approximate surface area is 170 Å². The van der Waals surface area contributed by atoms with Crippen molar-refractivity contribution in [3.05, 3.63) is 54.6 Å². The third kappa shape index (κ3) is 4.53. The van der Waals surface area contributed by atoms with Gasteiger partial charge in [-0.2, -0.15) is 5.10 Å². The number of amides is 1. The van der Waals surface area contributed by atoms with Crippen molar-refractivity contribution in [1.29, 1.82) is 0 Å². The molecule has 1 atom stereocenters. The molecule has 0 bridgehead atoms. The number of halogens is 1. The fourth-order valence-electron chi connectivity index (χ4n) is 3.28. The molecular weight excluding hydrogens is 367 g/mol. The fraction of sp³-hybridized carbons (Fsp3) is 0.348. The summed E-state index contributed by atoms with van der Waals surface area (Å²) in [6.07, 6.45) is 7.48. The molecule has 1 aliphatic rings. The van der Waals surface area contributed by atoms with Gasteiger partial charge >= 0.3 is 0 Å². The minimum absolute atomic E-state index is 0.00575. The summed E-state index contributed by atoms with van der Waals surface area (Å²) < 4.78 is 15.4. The highest BCUT2D eigenvalue weighted by Crippen LogP contribution is 2.34. The quantitative estimate of drug-likeness (QED) is 0.581. The fourth-order valence-corrected chi connectivity index (χ4v) is 3.28. The molecule has 1 amide bonds. The second-order valence-corrected chi connectivity index (χ2v) is 7.76. The average Bonchev–Trinajstić information content (AvgIpc) is 3.42. The number of hydrogen-bond acceptors (Lipinski definition) is 3. The Morgan fingerprint density at radius 1 is 1.24 bits per heavy atom. The number of hydrogen-bond donors (Lipinski definition) is 1. The van der Waals surface area contributed by atoms with E-state index in [1.54, 1.807) is 18.3 Å². The molecule has 2 aromatic heterocycles. The van der Waals surface area contributed by atoms with Crippen molar-refractivity contribution >= 4 is 11.7 Å². The predicted molar refractivity (Wildman–Crippen MR) is 112 cm³/mol. The summed E-state index contributed by atoms with van der Waals surface area (Å²) in [5.74, 6) is 0.791. The van der Waals surface area contributed by atoms with Gasteiger partial charge in [-0.3, -0.25) is 9.48 Å². The highest BCUT2D eigenvalue weighted by atomic mass is 19.1. The lowest BCUT2D eigenvalue weighted by Crippen LogP contribution is -2.12. The minimum atomic E-state index is -0.277. The number of carbonyl (C=O) groups is 1. The summed E-state index contributed by atoms with van der Waals surface area (Å²) in [5, 5.41) is 7.69. The lowest BCUT2D eigenvalue weighted by atomic mass is 10.0. The highest BCUT2D eigenvalue weighted by molar-refractivity contribution is 5.91. The Bertz CT molecular complexity index is 1010. The summed E-state index contributed by atoms with van der Waals surface area (Å²) in [4.78, 5) is 16.5. The van der Waals surface area contributed by atoms with Crippen LogP contribution in [-0.2, 0) is 4.79 Å². The maximum atomic E-state index is 13.4. The Hall–Kier alpha value is -3.02. The summed E-state index contributed by atoms with van der Waals surface area (Å²) in [5.41, 5.74) is 3.47. The third-order valence-electron chi connectivity index (χ3n) is 5.40. The van der Waals surface area contributed by atoms with E-state index in [1.165, 1.54) is 12.1 Å². The summed E-state index contributed by atoms with van der Waals surface area (Å²) in [6.45, 7) is 4.23. The molecule has 1 aromatic carbocycles. The lowest BCUT2D eigenvalue weighted by molar-refractivity contribution is -0.116. The number of carbonyl (C=O) groups excluding carboxylic acids is 1. The second-order valence-electron chi connectivity index (χ2n) is 7.76. The number of aromatic nitrogens is 3. The predicted octanol–water partition coefficient (Wildman–Crippen LogP) is 5.46. The number of pyridine rings is 1. The lowest BCUT2D eigenvalue weighted by Gasteiger charge is -2.08. The van der Waals surface area contributed by atoms with Gasteiger partial charge in [-0.25, -0.2) is 9.37 Å². The summed E-state index contributed by atoms with van der Waals surface area (Å²) >= 11 is 0. The highest BCUT2D eigenvalue weighted by Gasteiger charge is 2.24. The number of rotatable bonds is 7. The van der Waals surface area contributed by atoms with E-state index in [0.29, 0.717) is 18.2 Å². The Morgan fingerprint density at radius 3 is 2.69 bits per heavy atom. The number of nitrogens with zero attached hydrogens (tertiary/aromatic N) is 3. The van der Waals surface area contributed by atoms with Crippen molar-refractivity contribution in [2.24, 2.45) is 5.92 Å². The number of anilines is 1. The zero-order valence-electron chi connectivity index (χ0n) is 16.7. The molecule has 4 rings (SSSR count). The van der Waals surface area contributed by atoms with Gasteiger partial charge in [0.15, 0.2) is 0 Å². The van der Waals surface area contributed by atoms with Crippen LogP contribution in [0.25, 0.3) is 22.4 Å². The largest absolute Gasteiger partial charge is 0.311 e. The van der Waals surface area contributed by atoms with Gasteiger partial charge in [0.25, 0.3) is 0 Å². The van der Waals surface area contributed by atoms with Crippen LogP contribution in [0.15, 0.2) is 48.8 Å². The van der Waals surface area contributed by atoms with Gasteiger partial charge in [0, 0.05) is 36.0 Å². The van der Waals surface area contributed by atoms with Crippen LogP contribution in [0.1, 0.15) is 45.6 Å². The van der Waals surface area contributed by atoms with Gasteiger partial charge in [-0.15, -0.1) is 0 Å². The minimum Gasteiger partial charge on any atom is -0.311 e. The van der Waals surface area contributed by atoms with Crippen LogP contribution in [0.4, 0.5) is 10.2 Å². The van der Waals surface area contributed by atoms with Gasteiger partial charge < -0.3 is 5.32 Å². The third-order valence-corrected chi connectivity index (χ3v) is 5.40. The van der Waals surface area contributed by atoms with Gasteiger partial charge in [-0.1, -0.05) is 6.92 Å². The van der Waals surface area contributed by atoms with Crippen LogP contribution < -0.4 is 5.32 Å². The van der Waals surface area contributed by atoms with Crippen LogP contribution in [0.2, 0.25) is 0 Å². The first-order chi connectivity index (χ1) is 14.0. The molecule has 150 valence electrons. The van der Waals surface area contributed by atoms with E-state index in [9.17, 15) is 9.18 Å². The van der Waals surface area contributed by atoms with Gasteiger partial charge in [0.05, 0.1) is 0 Å². The SMILES string of the molecule is CCC(C)n1cc(-c2ccnc(NC(=O)CC3CC3)c2)c(-c2ccc(F)cc2)n1. The van der Waals surface area contributed by atoms with Crippen molar-refractivity contribution in [2.45, 2.75) is 45.6 Å². The van der Waals surface area contributed by atoms with E-state index in [4.69, 9.17) is 5.10 Å². The molecule has 2 heterocycles. The van der Waals surface area contributed by atoms with Gasteiger partial charge in [0.1, 0.15) is 17.3 Å². The zero-order valence-corrected chi connectivity index (χ0v) is 16.7. The molecular formula is C23H25FN4O. The van der Waals surface area contributed by atoms with E-state index < -0.39 is 0 Å². The molecule has 3 aromatic rings. The van der Waals surface area contributed by atoms with Crippen molar-refractivity contribution in [3.8, 4) is 22.4 Å². The standard InChI is InChI=1S/C23H25FN4O/c1-3-15(2)28-14-20(23(27-28)17-6-8-19(24)9-7-17)18-10-11-25-21(13-18)26-22(29)12-16-4-5-16/h6-11,13-16H,3-5,12H2,1-2H3,(H,25,26,29). The number of nitrogens with one attached hydrogen (secondary N) is 1. The molecule has 0 saturated heterocycles. The first-order valence-corrected chi connectivity index (χ1v) is 10.1. The van der Waals surface area contributed by atoms with Crippen LogP contribution in [0.3, 0.4) is 0 Å². The molecule has 1 fully saturated rings. The van der Waals surface area contributed by atoms with E-state index in [0.717, 1.165) is 41.6 Å². The Morgan fingerprint density at radius 2 is 2.00 bits per heavy atom. The van der Waals surface area contributed by atoms with Gasteiger partial charge in [-0.05, 0) is 74.1 Å². The number of benzene rings is 1. The Kier molecular flexibility index (Phi) is 5.43. The molecule has 1 N–H and O–H groups in total. The van der Waals surface area contributed by atoms with Crippen molar-refractivity contribution in [2.75, 3.05) is 5.32 Å². The molecule has 29 heavy (non-hydrogen) atoms. The first-order valence-electron chi connectivity index (χ1n) is 10.1. The molecule has 1 unspecified atom stereocenters. The monoisotopic (exact) mass is 392 g/mol. The topological polar surface area (TPSA) is 59.8 Å². The maximum Gasteiger partial charge on any atom is 0.225 e. The molecule has 1 saturated carbocycles. The maximum absolute atomic E-state index is 13.4. The summed E-state index contributed by atoms with van der Waals surface area (Å²) in [7, 11) is 0. The summed E-state index contributed by atoms with van der Waals surface area (Å²) in [6, 6.07) is 10.4. The van der Waals surface area contributed by atoms with E-state index in [-0.39, 0.29) is 17.8 Å². The van der Waals surface area contributed by atoms with Gasteiger partial charge in [0.2, 0.25) is 5.91 Å². The molecule has 0 aliphatic heterocycles. The Balaban J connectivity index is 1.69. The zero-order chi connectivity index (χ0) is 20.4. The van der Waals surface area contributed by atoms with Crippen molar-refractivity contribution in [1.82, 2.24) is 14.8 Å². The average molecular weight is 392 g/mol. The van der Waals surface area contributed by atoms with Crippen LogP contribution in [-0.4, -0.2) is 20.7 Å². The molecule has 0 spiro atoms. The van der Waals surface area contributed by atoms with E-state index >= 15 is 0 Å². The van der Waals surface area contributed by atoms with Crippen LogP contribution in [0.5, 0.6) is 0 Å². The normalized spacial score (nSPS) is 14.6. The van der Waals surface area contributed by atoms with Crippen molar-refractivity contribution < 1.29 is 9.18 Å².